The smallest absolute Gasteiger partial charge is 0.265 e. The van der Waals surface area contributed by atoms with Crippen LogP contribution in [0.1, 0.15) is 10.4 Å². The Kier molecular flexibility index (Phi) is 2.02. The van der Waals surface area contributed by atoms with Crippen LogP contribution in [0.3, 0.4) is 0 Å². The lowest BCUT2D eigenvalue weighted by Gasteiger charge is -1.95. The largest absolute Gasteiger partial charge is 0.290 e. The van der Waals surface area contributed by atoms with Crippen LogP contribution in [0.5, 0.6) is 0 Å². The van der Waals surface area contributed by atoms with E-state index in [0.29, 0.717) is 5.56 Å². The number of carbonyl (C=O) groups is 1. The molecule has 0 aromatic heterocycles. The number of nitrogens with one attached hydrogen (secondary N) is 1. The Morgan fingerprint density at radius 3 is 3.00 bits per heavy atom. The summed E-state index contributed by atoms with van der Waals surface area (Å²) in [6.07, 6.45) is 0. The van der Waals surface area contributed by atoms with Crippen LogP contribution in [0.4, 0.5) is 0 Å². The molecule has 3 nitrogen and oxygen atoms in total. The fourth-order valence-corrected chi connectivity index (χ4v) is 0.618. The quantitative estimate of drug-likeness (QED) is 0.326. The molecule has 0 spiro atoms. The van der Waals surface area contributed by atoms with Crippen LogP contribution in [0.15, 0.2) is 24.3 Å². The highest BCUT2D eigenvalue weighted by molar-refractivity contribution is 5.93. The molecule has 0 saturated heterocycles. The molecular weight excluding hydrogens is 128 g/mol. The molecule has 0 fully saturated rings. The SMILES string of the molecule is NNC(=O)c1c[c]ccc1. The Morgan fingerprint density at radius 1 is 1.70 bits per heavy atom. The standard InChI is InChI=1S/C7H7N2O/c8-9-7(10)6-4-2-1-3-5-6/h1-2,4-5H,8H2,(H,9,10). The van der Waals surface area contributed by atoms with Crippen molar-refractivity contribution in [1.82, 2.24) is 5.43 Å². The molecule has 0 saturated carbocycles. The fraction of sp³-hybridized carbons (Fsp3) is 0. The van der Waals surface area contributed by atoms with Gasteiger partial charge in [-0.25, -0.2) is 5.84 Å². The number of nitrogens with two attached hydrogens (primary N) is 1. The van der Waals surface area contributed by atoms with E-state index in [2.05, 4.69) is 6.07 Å². The Bertz CT molecular complexity index is 220. The highest BCUT2D eigenvalue weighted by Gasteiger charge is 1.98. The molecule has 0 aliphatic carbocycles. The number of nitrogen functional groups attached to an aromatic ring is 1. The number of hydrogen-bond acceptors (Lipinski definition) is 2. The minimum absolute atomic E-state index is 0.295. The maximum absolute atomic E-state index is 10.8. The van der Waals surface area contributed by atoms with Crippen molar-refractivity contribution >= 4 is 5.91 Å². The third-order valence-electron chi connectivity index (χ3n) is 1.10. The minimum atomic E-state index is -0.295. The maximum Gasteiger partial charge on any atom is 0.265 e. The van der Waals surface area contributed by atoms with Crippen molar-refractivity contribution < 1.29 is 4.79 Å². The molecule has 10 heavy (non-hydrogen) atoms. The lowest BCUT2D eigenvalue weighted by Crippen LogP contribution is -2.29. The zero-order chi connectivity index (χ0) is 7.40. The molecule has 51 valence electrons. The van der Waals surface area contributed by atoms with Gasteiger partial charge in [0.1, 0.15) is 0 Å². The average molecular weight is 135 g/mol. The van der Waals surface area contributed by atoms with Gasteiger partial charge >= 0.3 is 0 Å². The second kappa shape index (κ2) is 2.98. The van der Waals surface area contributed by atoms with Crippen LogP contribution in [0, 0.1) is 6.07 Å². The average Bonchev–Trinajstić information content (AvgIpc) is 2.05. The predicted molar refractivity (Wildman–Crippen MR) is 36.9 cm³/mol. The van der Waals surface area contributed by atoms with E-state index in [1.54, 1.807) is 24.3 Å². The van der Waals surface area contributed by atoms with Gasteiger partial charge in [-0.1, -0.05) is 12.1 Å². The fourth-order valence-electron chi connectivity index (χ4n) is 0.618. The highest BCUT2D eigenvalue weighted by Crippen LogP contribution is 1.95. The molecule has 3 heteroatoms. The van der Waals surface area contributed by atoms with Gasteiger partial charge in [-0.05, 0) is 18.2 Å². The first kappa shape index (κ1) is 6.77. The van der Waals surface area contributed by atoms with Gasteiger partial charge in [-0.3, -0.25) is 10.2 Å². The molecule has 0 heterocycles. The van der Waals surface area contributed by atoms with Crippen molar-refractivity contribution in [2.75, 3.05) is 0 Å². The Hall–Kier alpha value is -1.35. The number of carbonyl (C=O) groups excluding carboxylic acids is 1. The normalized spacial score (nSPS) is 8.90. The molecule has 3 N–H and O–H groups in total. The van der Waals surface area contributed by atoms with Gasteiger partial charge in [0, 0.05) is 5.56 Å². The minimum Gasteiger partial charge on any atom is -0.290 e. The Morgan fingerprint density at radius 2 is 2.50 bits per heavy atom. The van der Waals surface area contributed by atoms with E-state index in [-0.39, 0.29) is 5.91 Å². The summed E-state index contributed by atoms with van der Waals surface area (Å²) in [5.74, 6) is 4.60. The van der Waals surface area contributed by atoms with E-state index >= 15 is 0 Å². The van der Waals surface area contributed by atoms with E-state index in [1.165, 1.54) is 0 Å². The van der Waals surface area contributed by atoms with Crippen molar-refractivity contribution in [3.05, 3.63) is 35.9 Å². The van der Waals surface area contributed by atoms with Crippen LogP contribution >= 0.6 is 0 Å². The van der Waals surface area contributed by atoms with E-state index in [1.807, 2.05) is 5.43 Å². The number of hydrogen-bond donors (Lipinski definition) is 2. The lowest BCUT2D eigenvalue weighted by atomic mass is 10.2. The molecule has 0 atom stereocenters. The third-order valence-corrected chi connectivity index (χ3v) is 1.10. The lowest BCUT2D eigenvalue weighted by molar-refractivity contribution is 0.0953. The van der Waals surface area contributed by atoms with Gasteiger partial charge in [-0.2, -0.15) is 0 Å². The summed E-state index contributed by atoms with van der Waals surface area (Å²) >= 11 is 0. The van der Waals surface area contributed by atoms with Crippen molar-refractivity contribution in [1.29, 1.82) is 0 Å². The van der Waals surface area contributed by atoms with Crippen LogP contribution in [0.2, 0.25) is 0 Å². The van der Waals surface area contributed by atoms with E-state index in [9.17, 15) is 4.79 Å². The Labute approximate surface area is 58.8 Å². The number of rotatable bonds is 1. The van der Waals surface area contributed by atoms with Gasteiger partial charge < -0.3 is 0 Å². The maximum atomic E-state index is 10.8. The molecule has 1 amide bonds. The molecule has 0 aliphatic heterocycles. The Balaban J connectivity index is 2.85. The number of hydrazine groups is 1. The molecule has 0 bridgehead atoms. The predicted octanol–water partition coefficient (Wildman–Crippen LogP) is 0.0903. The zero-order valence-corrected chi connectivity index (χ0v) is 5.29. The molecular formula is C7H7N2O. The summed E-state index contributed by atoms with van der Waals surface area (Å²) in [4.78, 5) is 10.8. The van der Waals surface area contributed by atoms with Crippen LogP contribution in [0.25, 0.3) is 0 Å². The van der Waals surface area contributed by atoms with Crippen molar-refractivity contribution in [3.63, 3.8) is 0 Å². The number of amides is 1. The molecule has 1 radical (unpaired) electrons. The molecule has 0 aliphatic rings. The van der Waals surface area contributed by atoms with Crippen molar-refractivity contribution in [2.45, 2.75) is 0 Å². The van der Waals surface area contributed by atoms with Crippen LogP contribution in [-0.4, -0.2) is 5.91 Å². The summed E-state index contributed by atoms with van der Waals surface area (Å²) in [7, 11) is 0. The third kappa shape index (κ3) is 1.33. The van der Waals surface area contributed by atoms with Crippen molar-refractivity contribution in [2.24, 2.45) is 5.84 Å². The summed E-state index contributed by atoms with van der Waals surface area (Å²) in [5, 5.41) is 0. The summed E-state index contributed by atoms with van der Waals surface area (Å²) < 4.78 is 0. The summed E-state index contributed by atoms with van der Waals surface area (Å²) in [6.45, 7) is 0. The van der Waals surface area contributed by atoms with E-state index in [4.69, 9.17) is 5.84 Å². The first-order valence-electron chi connectivity index (χ1n) is 2.81. The summed E-state index contributed by atoms with van der Waals surface area (Å²) in [5.41, 5.74) is 2.54. The molecule has 1 rings (SSSR count). The second-order valence-electron chi connectivity index (χ2n) is 1.77. The van der Waals surface area contributed by atoms with Gasteiger partial charge in [-0.15, -0.1) is 0 Å². The number of benzene rings is 1. The second-order valence-corrected chi connectivity index (χ2v) is 1.77. The topological polar surface area (TPSA) is 55.1 Å². The van der Waals surface area contributed by atoms with E-state index < -0.39 is 0 Å². The monoisotopic (exact) mass is 135 g/mol. The van der Waals surface area contributed by atoms with Crippen LogP contribution < -0.4 is 11.3 Å². The molecule has 1 aromatic carbocycles. The van der Waals surface area contributed by atoms with E-state index in [0.717, 1.165) is 0 Å². The molecule has 0 unspecified atom stereocenters. The van der Waals surface area contributed by atoms with Gasteiger partial charge in [0.15, 0.2) is 0 Å². The van der Waals surface area contributed by atoms with Crippen LogP contribution in [-0.2, 0) is 0 Å². The van der Waals surface area contributed by atoms with Gasteiger partial charge in [0.25, 0.3) is 5.91 Å². The van der Waals surface area contributed by atoms with Gasteiger partial charge in [0.2, 0.25) is 0 Å². The molecule has 1 aromatic rings. The first-order chi connectivity index (χ1) is 4.84. The first-order valence-corrected chi connectivity index (χ1v) is 2.81. The van der Waals surface area contributed by atoms with Crippen molar-refractivity contribution in [3.8, 4) is 0 Å². The highest BCUT2D eigenvalue weighted by atomic mass is 16.2. The zero-order valence-electron chi connectivity index (χ0n) is 5.29. The summed E-state index contributed by atoms with van der Waals surface area (Å²) in [6, 6.07) is 9.44. The van der Waals surface area contributed by atoms with Gasteiger partial charge in [0.05, 0.1) is 0 Å².